The number of para-hydroxylation sites is 1. The van der Waals surface area contributed by atoms with E-state index in [-0.39, 0.29) is 16.1 Å². The monoisotopic (exact) mass is 428 g/mol. The van der Waals surface area contributed by atoms with Crippen molar-refractivity contribution in [2.24, 2.45) is 0 Å². The Balaban J connectivity index is 1.38. The summed E-state index contributed by atoms with van der Waals surface area (Å²) in [7, 11) is 0. The van der Waals surface area contributed by atoms with E-state index in [1.807, 2.05) is 6.07 Å². The largest absolute Gasteiger partial charge is 0.384 e. The second kappa shape index (κ2) is 8.97. The van der Waals surface area contributed by atoms with Crippen LogP contribution in [0.1, 0.15) is 40.9 Å². The van der Waals surface area contributed by atoms with Gasteiger partial charge in [-0.05, 0) is 49.8 Å². The molecule has 4 rings (SSSR count). The Labute approximate surface area is 179 Å². The molecule has 7 heteroatoms. The van der Waals surface area contributed by atoms with Gasteiger partial charge in [-0.25, -0.2) is 4.98 Å². The minimum atomic E-state index is -0.206. The smallest absolute Gasteiger partial charge is 0.252 e. The summed E-state index contributed by atoms with van der Waals surface area (Å²) in [4.78, 5) is 21.0. The summed E-state index contributed by atoms with van der Waals surface area (Å²) >= 11 is 11.7. The van der Waals surface area contributed by atoms with Crippen LogP contribution in [-0.4, -0.2) is 29.0 Å². The number of carbonyl (C=O) groups is 1. The number of benzene rings is 1. The van der Waals surface area contributed by atoms with E-state index in [1.165, 1.54) is 47.4 Å². The van der Waals surface area contributed by atoms with Crippen molar-refractivity contribution in [1.29, 1.82) is 0 Å². The quantitative estimate of drug-likeness (QED) is 0.425. The topological polar surface area (TPSA) is 66.9 Å². The van der Waals surface area contributed by atoms with E-state index < -0.39 is 0 Å². The van der Waals surface area contributed by atoms with Gasteiger partial charge in [0.05, 0.1) is 16.1 Å². The minimum absolute atomic E-state index is 0.195. The molecule has 0 spiro atoms. The number of nitrogens with zero attached hydrogens (tertiary/aromatic N) is 2. The first kappa shape index (κ1) is 19.9. The SMILES string of the molecule is O=C(NCCCNc1c2c(nc3ccccc13)CCCC2)c1cnc(Cl)c(Cl)c1. The maximum Gasteiger partial charge on any atom is 0.252 e. The van der Waals surface area contributed by atoms with Crippen molar-refractivity contribution in [3.63, 3.8) is 0 Å². The van der Waals surface area contributed by atoms with Crippen molar-refractivity contribution in [3.05, 3.63) is 63.5 Å². The number of anilines is 1. The molecule has 1 amide bonds. The molecule has 2 aromatic heterocycles. The standard InChI is InChI=1S/C22H22Cl2N4O/c23-17-12-14(13-27-21(17)24)22(29)26-11-5-10-25-20-15-6-1-3-8-18(15)28-19-9-4-2-7-16(19)20/h1,3,6,8,12-13H,2,4-5,7,9-11H2,(H,25,28)(H,26,29). The zero-order valence-electron chi connectivity index (χ0n) is 16.0. The van der Waals surface area contributed by atoms with Gasteiger partial charge < -0.3 is 10.6 Å². The molecule has 2 N–H and O–H groups in total. The van der Waals surface area contributed by atoms with Gasteiger partial charge >= 0.3 is 0 Å². The lowest BCUT2D eigenvalue weighted by Crippen LogP contribution is -2.26. The number of aryl methyl sites for hydroxylation is 1. The maximum atomic E-state index is 12.2. The number of hydrogen-bond donors (Lipinski definition) is 2. The lowest BCUT2D eigenvalue weighted by Gasteiger charge is -2.21. The maximum absolute atomic E-state index is 12.2. The van der Waals surface area contributed by atoms with Crippen LogP contribution in [0.25, 0.3) is 10.9 Å². The molecule has 0 unspecified atom stereocenters. The summed E-state index contributed by atoms with van der Waals surface area (Å²) in [5.41, 5.74) is 5.21. The van der Waals surface area contributed by atoms with Crippen molar-refractivity contribution in [2.45, 2.75) is 32.1 Å². The van der Waals surface area contributed by atoms with Crippen molar-refractivity contribution < 1.29 is 4.79 Å². The van der Waals surface area contributed by atoms with E-state index in [9.17, 15) is 4.79 Å². The van der Waals surface area contributed by atoms with Crippen LogP contribution in [0.15, 0.2) is 36.5 Å². The molecule has 1 aromatic carbocycles. The van der Waals surface area contributed by atoms with E-state index in [1.54, 1.807) is 0 Å². The van der Waals surface area contributed by atoms with Gasteiger partial charge in [-0.3, -0.25) is 9.78 Å². The van der Waals surface area contributed by atoms with Gasteiger partial charge in [0.1, 0.15) is 5.15 Å². The van der Waals surface area contributed by atoms with Crippen LogP contribution in [0, 0.1) is 0 Å². The first-order valence-corrected chi connectivity index (χ1v) is 10.6. The summed E-state index contributed by atoms with van der Waals surface area (Å²) in [5, 5.41) is 8.14. The van der Waals surface area contributed by atoms with Crippen LogP contribution in [0.3, 0.4) is 0 Å². The van der Waals surface area contributed by atoms with E-state index in [2.05, 4.69) is 33.8 Å². The average Bonchev–Trinajstić information content (AvgIpc) is 2.74. The molecule has 1 aliphatic rings. The predicted octanol–water partition coefficient (Wildman–Crippen LogP) is 5.05. The Bertz CT molecular complexity index is 1050. The molecular formula is C22H22Cl2N4O. The number of fused-ring (bicyclic) bond motifs is 2. The number of carbonyl (C=O) groups excluding carboxylic acids is 1. The van der Waals surface area contributed by atoms with Crippen molar-refractivity contribution >= 4 is 45.7 Å². The minimum Gasteiger partial charge on any atom is -0.384 e. The summed E-state index contributed by atoms with van der Waals surface area (Å²) < 4.78 is 0. The van der Waals surface area contributed by atoms with Crippen molar-refractivity contribution in [3.8, 4) is 0 Å². The van der Waals surface area contributed by atoms with Crippen LogP contribution in [0.5, 0.6) is 0 Å². The zero-order valence-corrected chi connectivity index (χ0v) is 17.5. The highest BCUT2D eigenvalue weighted by Gasteiger charge is 2.17. The first-order chi connectivity index (χ1) is 14.1. The van der Waals surface area contributed by atoms with Gasteiger partial charge in [-0.2, -0.15) is 0 Å². The lowest BCUT2D eigenvalue weighted by molar-refractivity contribution is 0.0953. The van der Waals surface area contributed by atoms with E-state index >= 15 is 0 Å². The second-order valence-corrected chi connectivity index (χ2v) is 7.93. The number of aromatic nitrogens is 2. The van der Waals surface area contributed by atoms with Gasteiger partial charge in [0.25, 0.3) is 5.91 Å². The third-order valence-corrected chi connectivity index (χ3v) is 5.85. The lowest BCUT2D eigenvalue weighted by atomic mass is 9.92. The van der Waals surface area contributed by atoms with Gasteiger partial charge in [0.2, 0.25) is 0 Å². The number of pyridine rings is 2. The van der Waals surface area contributed by atoms with E-state index in [0.717, 1.165) is 31.3 Å². The van der Waals surface area contributed by atoms with Crippen LogP contribution in [0.4, 0.5) is 5.69 Å². The Kier molecular flexibility index (Phi) is 6.16. The van der Waals surface area contributed by atoms with Crippen LogP contribution in [-0.2, 0) is 12.8 Å². The number of hydrogen-bond acceptors (Lipinski definition) is 4. The zero-order chi connectivity index (χ0) is 20.2. The Morgan fingerprint density at radius 1 is 1.10 bits per heavy atom. The molecule has 0 saturated heterocycles. The number of amides is 1. The van der Waals surface area contributed by atoms with Gasteiger partial charge in [-0.1, -0.05) is 41.4 Å². The highest BCUT2D eigenvalue weighted by molar-refractivity contribution is 6.41. The average molecular weight is 429 g/mol. The van der Waals surface area contributed by atoms with Crippen LogP contribution < -0.4 is 10.6 Å². The molecule has 0 bridgehead atoms. The molecule has 0 fully saturated rings. The van der Waals surface area contributed by atoms with Crippen LogP contribution >= 0.6 is 23.2 Å². The molecule has 1 aliphatic carbocycles. The third kappa shape index (κ3) is 4.46. The van der Waals surface area contributed by atoms with Gasteiger partial charge in [-0.15, -0.1) is 0 Å². The molecular weight excluding hydrogens is 407 g/mol. The molecule has 0 saturated carbocycles. The third-order valence-electron chi connectivity index (χ3n) is 5.17. The Morgan fingerprint density at radius 3 is 2.79 bits per heavy atom. The highest BCUT2D eigenvalue weighted by atomic mass is 35.5. The molecule has 150 valence electrons. The normalized spacial score (nSPS) is 13.2. The fourth-order valence-electron chi connectivity index (χ4n) is 3.73. The molecule has 0 atom stereocenters. The fraction of sp³-hybridized carbons (Fsp3) is 0.318. The molecule has 29 heavy (non-hydrogen) atoms. The molecule has 2 heterocycles. The number of halogens is 2. The highest BCUT2D eigenvalue weighted by Crippen LogP contribution is 2.33. The number of rotatable bonds is 6. The molecule has 0 radical (unpaired) electrons. The molecule has 3 aromatic rings. The van der Waals surface area contributed by atoms with Crippen molar-refractivity contribution in [1.82, 2.24) is 15.3 Å². The van der Waals surface area contributed by atoms with E-state index in [4.69, 9.17) is 28.2 Å². The van der Waals surface area contributed by atoms with Gasteiger partial charge in [0.15, 0.2) is 0 Å². The molecule has 0 aliphatic heterocycles. The summed E-state index contributed by atoms with van der Waals surface area (Å²) in [6.07, 6.45) is 6.74. The van der Waals surface area contributed by atoms with Crippen LogP contribution in [0.2, 0.25) is 10.2 Å². The Morgan fingerprint density at radius 2 is 1.93 bits per heavy atom. The molecule has 5 nitrogen and oxygen atoms in total. The first-order valence-electron chi connectivity index (χ1n) is 9.87. The second-order valence-electron chi connectivity index (χ2n) is 7.17. The predicted molar refractivity (Wildman–Crippen MR) is 118 cm³/mol. The summed E-state index contributed by atoms with van der Waals surface area (Å²) in [6, 6.07) is 9.80. The Hall–Kier alpha value is -2.37. The van der Waals surface area contributed by atoms with E-state index in [0.29, 0.717) is 12.1 Å². The fourth-order valence-corrected chi connectivity index (χ4v) is 4.00. The summed E-state index contributed by atoms with van der Waals surface area (Å²) in [6.45, 7) is 1.32. The van der Waals surface area contributed by atoms with Crippen molar-refractivity contribution in [2.75, 3.05) is 18.4 Å². The van der Waals surface area contributed by atoms with Gasteiger partial charge in [0, 0.05) is 36.1 Å². The summed E-state index contributed by atoms with van der Waals surface area (Å²) in [5.74, 6) is -0.206. The number of nitrogens with one attached hydrogen (secondary N) is 2.